The molecule has 0 aliphatic carbocycles. The fraction of sp³-hybridized carbons (Fsp3) is 0.417. The molecule has 1 saturated heterocycles. The summed E-state index contributed by atoms with van der Waals surface area (Å²) in [5.74, 6) is 4.98. The maximum atomic E-state index is 4.29. The highest BCUT2D eigenvalue weighted by Crippen LogP contribution is 2.24. The first kappa shape index (κ1) is 11.3. The van der Waals surface area contributed by atoms with Crippen molar-refractivity contribution in [2.45, 2.75) is 5.25 Å². The van der Waals surface area contributed by atoms with Crippen LogP contribution in [0.3, 0.4) is 0 Å². The average Bonchev–Trinajstić information content (AvgIpc) is 2.86. The van der Waals surface area contributed by atoms with Crippen LogP contribution in [0.1, 0.15) is 0 Å². The minimum Gasteiger partial charge on any atom is -0.370 e. The Bertz CT molecular complexity index is 491. The van der Waals surface area contributed by atoms with Crippen LogP contribution in [0.5, 0.6) is 0 Å². The zero-order valence-electron chi connectivity index (χ0n) is 9.50. The summed E-state index contributed by atoms with van der Waals surface area (Å²) >= 11 is 4.15. The van der Waals surface area contributed by atoms with E-state index in [0.29, 0.717) is 0 Å². The summed E-state index contributed by atoms with van der Waals surface area (Å²) in [6.07, 6.45) is 3.84. The van der Waals surface area contributed by atoms with Crippen molar-refractivity contribution < 1.29 is 0 Å². The number of nitrogens with one attached hydrogen (secondary N) is 1. The number of aromatic nitrogens is 2. The Morgan fingerprint density at radius 1 is 1.41 bits per heavy atom. The Hall–Kier alpha value is -0.810. The number of thioether (sulfide) groups is 2. The number of pyridine rings is 1. The quantitative estimate of drug-likeness (QED) is 0.923. The molecule has 17 heavy (non-hydrogen) atoms. The van der Waals surface area contributed by atoms with Crippen LogP contribution in [0, 0.1) is 0 Å². The normalized spacial score (nSPS) is 20.6. The number of hydrogen-bond acceptors (Lipinski definition) is 4. The van der Waals surface area contributed by atoms with Gasteiger partial charge in [-0.1, -0.05) is 6.07 Å². The van der Waals surface area contributed by atoms with Gasteiger partial charge < -0.3 is 5.32 Å². The molecule has 5 heteroatoms. The van der Waals surface area contributed by atoms with E-state index in [9.17, 15) is 0 Å². The fourth-order valence-corrected chi connectivity index (χ4v) is 4.58. The van der Waals surface area contributed by atoms with E-state index in [4.69, 9.17) is 0 Å². The second kappa shape index (κ2) is 5.23. The number of anilines is 1. The third kappa shape index (κ3) is 2.55. The van der Waals surface area contributed by atoms with E-state index < -0.39 is 0 Å². The van der Waals surface area contributed by atoms with E-state index in [1.54, 1.807) is 0 Å². The second-order valence-electron chi connectivity index (χ2n) is 4.02. The molecule has 1 fully saturated rings. The van der Waals surface area contributed by atoms with Gasteiger partial charge in [0.1, 0.15) is 11.5 Å². The molecule has 90 valence electrons. The third-order valence-electron chi connectivity index (χ3n) is 2.82. The van der Waals surface area contributed by atoms with Crippen LogP contribution in [0.2, 0.25) is 0 Å². The zero-order valence-corrected chi connectivity index (χ0v) is 11.1. The van der Waals surface area contributed by atoms with Gasteiger partial charge in [-0.3, -0.25) is 4.40 Å². The van der Waals surface area contributed by atoms with Crippen LogP contribution in [0.15, 0.2) is 30.6 Å². The number of nitrogens with zero attached hydrogens (tertiary/aromatic N) is 2. The summed E-state index contributed by atoms with van der Waals surface area (Å²) in [7, 11) is 0. The number of fused-ring (bicyclic) bond motifs is 1. The highest BCUT2D eigenvalue weighted by Gasteiger charge is 2.14. The van der Waals surface area contributed by atoms with Gasteiger partial charge in [-0.05, 0) is 12.1 Å². The number of hydrogen-bond donors (Lipinski definition) is 1. The lowest BCUT2D eigenvalue weighted by Crippen LogP contribution is -2.23. The minimum absolute atomic E-state index is 0.729. The molecule has 2 aromatic heterocycles. The first-order valence-corrected chi connectivity index (χ1v) is 7.99. The maximum Gasteiger partial charge on any atom is 0.138 e. The van der Waals surface area contributed by atoms with Gasteiger partial charge in [0.05, 0.1) is 0 Å². The smallest absolute Gasteiger partial charge is 0.138 e. The predicted molar refractivity (Wildman–Crippen MR) is 77.3 cm³/mol. The summed E-state index contributed by atoms with van der Waals surface area (Å²) < 4.78 is 2.10. The lowest BCUT2D eigenvalue weighted by Gasteiger charge is -2.21. The summed E-state index contributed by atoms with van der Waals surface area (Å²) in [5, 5.41) is 4.26. The standard InChI is InChI=1S/C12H15N3S2/c1-2-11-13-4-5-15(11)12(3-1)14-8-10-9-16-6-7-17-10/h1-5,10,14H,6-9H2. The monoisotopic (exact) mass is 265 g/mol. The van der Waals surface area contributed by atoms with Crippen molar-refractivity contribution in [1.29, 1.82) is 0 Å². The van der Waals surface area contributed by atoms with Crippen molar-refractivity contribution in [1.82, 2.24) is 9.38 Å². The molecule has 3 heterocycles. The van der Waals surface area contributed by atoms with Gasteiger partial charge >= 0.3 is 0 Å². The molecule has 0 bridgehead atoms. The molecular weight excluding hydrogens is 250 g/mol. The van der Waals surface area contributed by atoms with Crippen LogP contribution in [0.25, 0.3) is 5.65 Å². The molecule has 3 nitrogen and oxygen atoms in total. The molecule has 3 rings (SSSR count). The third-order valence-corrected chi connectivity index (χ3v) is 5.67. The molecule has 0 saturated carbocycles. The SMILES string of the molecule is c1cc(NCC2CSCCS2)n2ccnc2c1. The highest BCUT2D eigenvalue weighted by atomic mass is 32.2. The van der Waals surface area contributed by atoms with Crippen LogP contribution < -0.4 is 5.32 Å². The Balaban J connectivity index is 1.69. The van der Waals surface area contributed by atoms with Crippen molar-refractivity contribution in [2.24, 2.45) is 0 Å². The predicted octanol–water partition coefficient (Wildman–Crippen LogP) is 2.59. The molecule has 2 aromatic rings. The minimum atomic E-state index is 0.729. The summed E-state index contributed by atoms with van der Waals surface area (Å²) in [5.41, 5.74) is 1.00. The topological polar surface area (TPSA) is 29.3 Å². The summed E-state index contributed by atoms with van der Waals surface area (Å²) in [6.45, 7) is 1.04. The maximum absolute atomic E-state index is 4.29. The van der Waals surface area contributed by atoms with Crippen molar-refractivity contribution in [3.63, 3.8) is 0 Å². The van der Waals surface area contributed by atoms with Gasteiger partial charge in [-0.2, -0.15) is 23.5 Å². The molecule has 1 aliphatic rings. The van der Waals surface area contributed by atoms with Gasteiger partial charge in [-0.15, -0.1) is 0 Å². The lowest BCUT2D eigenvalue weighted by molar-refractivity contribution is 0.983. The first-order chi connectivity index (χ1) is 8.43. The van der Waals surface area contributed by atoms with E-state index >= 15 is 0 Å². The molecule has 1 aliphatic heterocycles. The molecule has 1 atom stereocenters. The van der Waals surface area contributed by atoms with E-state index in [1.165, 1.54) is 17.3 Å². The number of rotatable bonds is 3. The summed E-state index contributed by atoms with van der Waals surface area (Å²) in [6, 6.07) is 6.18. The van der Waals surface area contributed by atoms with E-state index in [2.05, 4.69) is 44.3 Å². The molecule has 0 radical (unpaired) electrons. The van der Waals surface area contributed by atoms with E-state index in [0.717, 1.165) is 23.3 Å². The summed E-state index contributed by atoms with van der Waals surface area (Å²) in [4.78, 5) is 4.29. The van der Waals surface area contributed by atoms with Gasteiger partial charge in [0.15, 0.2) is 0 Å². The fourth-order valence-electron chi connectivity index (χ4n) is 1.96. The Morgan fingerprint density at radius 3 is 3.29 bits per heavy atom. The van der Waals surface area contributed by atoms with Crippen LogP contribution in [-0.4, -0.2) is 38.4 Å². The molecule has 1 N–H and O–H groups in total. The van der Waals surface area contributed by atoms with Gasteiger partial charge in [-0.25, -0.2) is 4.98 Å². The van der Waals surface area contributed by atoms with E-state index in [-0.39, 0.29) is 0 Å². The van der Waals surface area contributed by atoms with Crippen LogP contribution in [-0.2, 0) is 0 Å². The van der Waals surface area contributed by atoms with Crippen molar-refractivity contribution in [3.8, 4) is 0 Å². The molecular formula is C12H15N3S2. The van der Waals surface area contributed by atoms with Crippen molar-refractivity contribution in [2.75, 3.05) is 29.1 Å². The molecule has 0 spiro atoms. The number of imidazole rings is 1. The first-order valence-electron chi connectivity index (χ1n) is 5.79. The zero-order chi connectivity index (χ0) is 11.5. The van der Waals surface area contributed by atoms with Crippen LogP contribution >= 0.6 is 23.5 Å². The van der Waals surface area contributed by atoms with Crippen LogP contribution in [0.4, 0.5) is 5.82 Å². The molecule has 1 unspecified atom stereocenters. The van der Waals surface area contributed by atoms with Gasteiger partial charge in [0.25, 0.3) is 0 Å². The van der Waals surface area contributed by atoms with Gasteiger partial charge in [0.2, 0.25) is 0 Å². The lowest BCUT2D eigenvalue weighted by atomic mass is 10.4. The highest BCUT2D eigenvalue weighted by molar-refractivity contribution is 8.06. The van der Waals surface area contributed by atoms with E-state index in [1.807, 2.05) is 24.5 Å². The molecule has 0 amide bonds. The molecule has 0 aromatic carbocycles. The van der Waals surface area contributed by atoms with Gasteiger partial charge in [0, 0.05) is 41.4 Å². The largest absolute Gasteiger partial charge is 0.370 e. The Labute approximate surface area is 109 Å². The van der Waals surface area contributed by atoms with Crippen molar-refractivity contribution >= 4 is 35.0 Å². The van der Waals surface area contributed by atoms with Crippen molar-refractivity contribution in [3.05, 3.63) is 30.6 Å². The second-order valence-corrected chi connectivity index (χ2v) is 6.57. The Kier molecular flexibility index (Phi) is 3.47. The average molecular weight is 265 g/mol. The Morgan fingerprint density at radius 2 is 2.41 bits per heavy atom.